The number of hydrogen-bond acceptors (Lipinski definition) is 8. The molecule has 1 aliphatic heterocycles. The maximum absolute atomic E-state index is 13.1. The van der Waals surface area contributed by atoms with E-state index in [1.54, 1.807) is 29.4 Å². The van der Waals surface area contributed by atoms with Crippen LogP contribution in [0.5, 0.6) is 0 Å². The number of thioether (sulfide) groups is 1. The zero-order valence-corrected chi connectivity index (χ0v) is 19.9. The van der Waals surface area contributed by atoms with Crippen LogP contribution >= 0.6 is 11.8 Å². The fraction of sp³-hybridized carbons (Fsp3) is 0.192. The highest BCUT2D eigenvalue weighted by Gasteiger charge is 2.24. The standard InChI is InChI=1S/C26H22N6O2S/c1-17(25(34)18-10-12-19(13-11-18)32-16-6-9-22(32)33)35-26-29-23(20-7-2-4-14-27-20)24(30-31-26)21-8-3-5-15-28-21/h2-5,7-8,10-15,17H,6,9,16H2,1H3/t17-/m0/s1. The number of ketones is 1. The molecule has 0 unspecified atom stereocenters. The number of nitrogens with zero attached hydrogens (tertiary/aromatic N) is 6. The van der Waals surface area contributed by atoms with Gasteiger partial charge >= 0.3 is 0 Å². The lowest BCUT2D eigenvalue weighted by molar-refractivity contribution is -0.117. The van der Waals surface area contributed by atoms with Gasteiger partial charge in [-0.15, -0.1) is 10.2 Å². The second kappa shape index (κ2) is 10.1. The molecule has 0 spiro atoms. The maximum Gasteiger partial charge on any atom is 0.227 e. The number of pyridine rings is 2. The van der Waals surface area contributed by atoms with Crippen LogP contribution in [0, 0.1) is 0 Å². The van der Waals surface area contributed by atoms with Gasteiger partial charge in [0.05, 0.1) is 16.6 Å². The molecule has 35 heavy (non-hydrogen) atoms. The Morgan fingerprint density at radius 2 is 1.60 bits per heavy atom. The van der Waals surface area contributed by atoms with E-state index < -0.39 is 5.25 Å². The largest absolute Gasteiger partial charge is 0.312 e. The van der Waals surface area contributed by atoms with Crippen molar-refractivity contribution in [1.82, 2.24) is 25.1 Å². The molecule has 9 heteroatoms. The number of carbonyl (C=O) groups is 2. The monoisotopic (exact) mass is 482 g/mol. The van der Waals surface area contributed by atoms with Gasteiger partial charge in [0.15, 0.2) is 5.78 Å². The van der Waals surface area contributed by atoms with Crippen LogP contribution in [0.4, 0.5) is 5.69 Å². The molecule has 174 valence electrons. The van der Waals surface area contributed by atoms with Gasteiger partial charge in [-0.25, -0.2) is 4.98 Å². The second-order valence-corrected chi connectivity index (χ2v) is 9.35. The van der Waals surface area contributed by atoms with Crippen LogP contribution in [0.15, 0.2) is 78.2 Å². The number of Topliss-reactive ketones (excluding diaryl/α,β-unsaturated/α-hetero) is 1. The van der Waals surface area contributed by atoms with E-state index in [9.17, 15) is 9.59 Å². The number of aromatic nitrogens is 5. The summed E-state index contributed by atoms with van der Waals surface area (Å²) in [6, 6.07) is 18.3. The summed E-state index contributed by atoms with van der Waals surface area (Å²) >= 11 is 1.24. The molecule has 0 radical (unpaired) electrons. The Labute approximate surface area is 206 Å². The summed E-state index contributed by atoms with van der Waals surface area (Å²) in [7, 11) is 0. The highest BCUT2D eigenvalue weighted by molar-refractivity contribution is 8.00. The van der Waals surface area contributed by atoms with Gasteiger partial charge in [-0.2, -0.15) is 0 Å². The van der Waals surface area contributed by atoms with Crippen molar-refractivity contribution < 1.29 is 9.59 Å². The lowest BCUT2D eigenvalue weighted by atomic mass is 10.1. The lowest BCUT2D eigenvalue weighted by Gasteiger charge is -2.16. The molecule has 3 aromatic heterocycles. The highest BCUT2D eigenvalue weighted by atomic mass is 32.2. The molecule has 1 saturated heterocycles. The number of amides is 1. The molecule has 0 bridgehead atoms. The molecular weight excluding hydrogens is 460 g/mol. The predicted molar refractivity (Wildman–Crippen MR) is 134 cm³/mol. The van der Waals surface area contributed by atoms with E-state index in [1.807, 2.05) is 55.5 Å². The van der Waals surface area contributed by atoms with Gasteiger partial charge in [-0.05, 0) is 61.9 Å². The van der Waals surface area contributed by atoms with E-state index in [-0.39, 0.29) is 11.7 Å². The molecule has 1 aliphatic rings. The fourth-order valence-corrected chi connectivity index (χ4v) is 4.68. The van der Waals surface area contributed by atoms with Crippen LogP contribution in [0.1, 0.15) is 30.1 Å². The molecule has 8 nitrogen and oxygen atoms in total. The van der Waals surface area contributed by atoms with Gasteiger partial charge in [0.25, 0.3) is 0 Å². The van der Waals surface area contributed by atoms with Crippen LogP contribution in [0.3, 0.4) is 0 Å². The van der Waals surface area contributed by atoms with E-state index in [2.05, 4.69) is 20.2 Å². The maximum atomic E-state index is 13.1. The van der Waals surface area contributed by atoms with Gasteiger partial charge in [-0.1, -0.05) is 23.9 Å². The third-order valence-electron chi connectivity index (χ3n) is 5.67. The SMILES string of the molecule is C[C@H](Sc1nnc(-c2ccccn2)c(-c2ccccn2)n1)C(=O)c1ccc(N2CCCC2=O)cc1. The quantitative estimate of drug-likeness (QED) is 0.281. The van der Waals surface area contributed by atoms with Gasteiger partial charge < -0.3 is 4.90 Å². The topological polar surface area (TPSA) is 102 Å². The van der Waals surface area contributed by atoms with Crippen molar-refractivity contribution in [3.63, 3.8) is 0 Å². The number of anilines is 1. The molecule has 1 amide bonds. The van der Waals surface area contributed by atoms with Crippen molar-refractivity contribution in [2.24, 2.45) is 0 Å². The summed E-state index contributed by atoms with van der Waals surface area (Å²) in [6.45, 7) is 2.54. The molecule has 5 rings (SSSR count). The van der Waals surface area contributed by atoms with E-state index in [0.29, 0.717) is 39.9 Å². The highest BCUT2D eigenvalue weighted by Crippen LogP contribution is 2.30. The van der Waals surface area contributed by atoms with Gasteiger partial charge in [0.2, 0.25) is 11.1 Å². The van der Waals surface area contributed by atoms with Gasteiger partial charge in [-0.3, -0.25) is 19.6 Å². The van der Waals surface area contributed by atoms with Gasteiger partial charge in [0.1, 0.15) is 11.4 Å². The van der Waals surface area contributed by atoms with Crippen LogP contribution < -0.4 is 4.90 Å². The minimum absolute atomic E-state index is 0.0499. The normalized spacial score (nSPS) is 14.2. The first-order valence-corrected chi connectivity index (χ1v) is 12.2. The number of benzene rings is 1. The molecule has 4 heterocycles. The van der Waals surface area contributed by atoms with Crippen LogP contribution in [-0.2, 0) is 4.79 Å². The first-order chi connectivity index (χ1) is 17.1. The fourth-order valence-electron chi connectivity index (χ4n) is 3.89. The van der Waals surface area contributed by atoms with Crippen molar-refractivity contribution >= 4 is 29.1 Å². The van der Waals surface area contributed by atoms with Crippen LogP contribution in [-0.4, -0.2) is 48.6 Å². The van der Waals surface area contributed by atoms with Crippen molar-refractivity contribution in [1.29, 1.82) is 0 Å². The zero-order valence-electron chi connectivity index (χ0n) is 19.0. The number of hydrogen-bond donors (Lipinski definition) is 0. The van der Waals surface area contributed by atoms with E-state index in [0.717, 1.165) is 18.7 Å². The van der Waals surface area contributed by atoms with Crippen LogP contribution in [0.2, 0.25) is 0 Å². The first-order valence-electron chi connectivity index (χ1n) is 11.3. The van der Waals surface area contributed by atoms with Gasteiger partial charge in [0, 0.05) is 36.6 Å². The Balaban J connectivity index is 1.37. The Morgan fingerprint density at radius 1 is 0.914 bits per heavy atom. The first kappa shape index (κ1) is 22.8. The third kappa shape index (κ3) is 4.95. The minimum Gasteiger partial charge on any atom is -0.312 e. The zero-order chi connectivity index (χ0) is 24.2. The molecular formula is C26H22N6O2S. The molecule has 1 aromatic carbocycles. The molecule has 4 aromatic rings. The van der Waals surface area contributed by atoms with Crippen molar-refractivity contribution in [2.75, 3.05) is 11.4 Å². The van der Waals surface area contributed by atoms with Crippen molar-refractivity contribution in [3.05, 3.63) is 78.6 Å². The third-order valence-corrected chi connectivity index (χ3v) is 6.62. The smallest absolute Gasteiger partial charge is 0.227 e. The number of rotatable bonds is 7. The summed E-state index contributed by atoms with van der Waals surface area (Å²) in [5.74, 6) is 0.0709. The Kier molecular flexibility index (Phi) is 6.58. The van der Waals surface area contributed by atoms with E-state index >= 15 is 0 Å². The Bertz CT molecular complexity index is 1350. The van der Waals surface area contributed by atoms with Crippen molar-refractivity contribution in [2.45, 2.75) is 30.2 Å². The van der Waals surface area contributed by atoms with E-state index in [1.165, 1.54) is 11.8 Å². The number of carbonyl (C=O) groups excluding carboxylic acids is 2. The minimum atomic E-state index is -0.437. The molecule has 1 fully saturated rings. The average Bonchev–Trinajstić information content (AvgIpc) is 3.35. The summed E-state index contributed by atoms with van der Waals surface area (Å²) in [6.07, 6.45) is 4.81. The average molecular weight is 483 g/mol. The molecule has 0 aliphatic carbocycles. The summed E-state index contributed by atoms with van der Waals surface area (Å²) in [5.41, 5.74) is 3.77. The van der Waals surface area contributed by atoms with Crippen molar-refractivity contribution in [3.8, 4) is 22.8 Å². The molecule has 1 atom stereocenters. The summed E-state index contributed by atoms with van der Waals surface area (Å²) in [5, 5.41) is 8.60. The second-order valence-electron chi connectivity index (χ2n) is 8.04. The Morgan fingerprint density at radius 3 is 2.20 bits per heavy atom. The molecule has 0 N–H and O–H groups in total. The summed E-state index contributed by atoms with van der Waals surface area (Å²) < 4.78 is 0. The van der Waals surface area contributed by atoms with Crippen LogP contribution in [0.25, 0.3) is 22.8 Å². The van der Waals surface area contributed by atoms with E-state index in [4.69, 9.17) is 4.98 Å². The Hall–Kier alpha value is -3.98. The predicted octanol–water partition coefficient (Wildman–Crippen LogP) is 4.49. The molecule has 0 saturated carbocycles. The summed E-state index contributed by atoms with van der Waals surface area (Å²) in [4.78, 5) is 40.3. The lowest BCUT2D eigenvalue weighted by Crippen LogP contribution is -2.23.